The summed E-state index contributed by atoms with van der Waals surface area (Å²) in [4.78, 5) is 12.9. The molecule has 4 N–H and O–H groups in total. The number of nitrogens with two attached hydrogens (primary N) is 1. The molecule has 0 fully saturated rings. The lowest BCUT2D eigenvalue weighted by molar-refractivity contribution is -0.125. The molecule has 0 aliphatic heterocycles. The van der Waals surface area contributed by atoms with Gasteiger partial charge in [-0.2, -0.15) is 0 Å². The first-order valence-electron chi connectivity index (χ1n) is 17.4. The maximum atomic E-state index is 12.9. The minimum Gasteiger partial charge on any atom is -0.355 e. The maximum absolute atomic E-state index is 12.9. The van der Waals surface area contributed by atoms with E-state index in [1.165, 1.54) is 154 Å². The summed E-state index contributed by atoms with van der Waals surface area (Å²) in [6.07, 6.45) is 35.1. The zero-order chi connectivity index (χ0) is 27.8. The van der Waals surface area contributed by atoms with Gasteiger partial charge in [0.25, 0.3) is 0 Å². The zero-order valence-electron chi connectivity index (χ0n) is 26.3. The lowest BCUT2D eigenvalue weighted by Crippen LogP contribution is -2.37. The van der Waals surface area contributed by atoms with Crippen LogP contribution in [0.1, 0.15) is 181 Å². The molecular formula is C34H71N3O. The molecule has 1 amide bonds. The van der Waals surface area contributed by atoms with Crippen molar-refractivity contribution in [2.45, 2.75) is 181 Å². The third kappa shape index (κ3) is 28.4. The molecule has 38 heavy (non-hydrogen) atoms. The SMILES string of the molecule is CCCCCCCCCCCCCCC(CCCCCCCCCCCCCC)C(=O)NCCNCCN. The van der Waals surface area contributed by atoms with Crippen molar-refractivity contribution in [2.75, 3.05) is 26.2 Å². The Labute approximate surface area is 239 Å². The summed E-state index contributed by atoms with van der Waals surface area (Å²) in [5, 5.41) is 6.46. The Bertz CT molecular complexity index is 429. The topological polar surface area (TPSA) is 67.2 Å². The van der Waals surface area contributed by atoms with Crippen LogP contribution in [0.2, 0.25) is 0 Å². The summed E-state index contributed by atoms with van der Waals surface area (Å²) in [6, 6.07) is 0. The minimum atomic E-state index is 0.204. The van der Waals surface area contributed by atoms with Gasteiger partial charge in [0.1, 0.15) is 0 Å². The first-order chi connectivity index (χ1) is 18.8. The van der Waals surface area contributed by atoms with Crippen LogP contribution < -0.4 is 16.4 Å². The number of carbonyl (C=O) groups is 1. The summed E-state index contributed by atoms with van der Waals surface area (Å²) in [6.45, 7) is 7.57. The molecule has 0 aromatic carbocycles. The average molecular weight is 538 g/mol. The van der Waals surface area contributed by atoms with E-state index < -0.39 is 0 Å². The van der Waals surface area contributed by atoms with Crippen LogP contribution >= 0.6 is 0 Å². The Kier molecular flexibility index (Phi) is 32.1. The van der Waals surface area contributed by atoms with Crippen molar-refractivity contribution in [1.29, 1.82) is 0 Å². The highest BCUT2D eigenvalue weighted by Crippen LogP contribution is 2.20. The van der Waals surface area contributed by atoms with Gasteiger partial charge in [-0.05, 0) is 12.8 Å². The predicted octanol–water partition coefficient (Wildman–Crippen LogP) is 9.45. The molecule has 228 valence electrons. The zero-order valence-corrected chi connectivity index (χ0v) is 26.3. The third-order valence-corrected chi connectivity index (χ3v) is 8.11. The second kappa shape index (κ2) is 32.6. The summed E-state index contributed by atoms with van der Waals surface area (Å²) in [5.41, 5.74) is 5.54. The summed E-state index contributed by atoms with van der Waals surface area (Å²) in [7, 11) is 0. The van der Waals surface area contributed by atoms with Crippen LogP contribution in [0, 0.1) is 5.92 Å². The van der Waals surface area contributed by atoms with E-state index in [1.54, 1.807) is 0 Å². The van der Waals surface area contributed by atoms with Crippen molar-refractivity contribution in [3.05, 3.63) is 0 Å². The Morgan fingerprint density at radius 3 is 1.18 bits per heavy atom. The van der Waals surface area contributed by atoms with Gasteiger partial charge in [-0.15, -0.1) is 0 Å². The molecule has 4 heteroatoms. The lowest BCUT2D eigenvalue weighted by Gasteiger charge is -2.17. The fraction of sp³-hybridized carbons (Fsp3) is 0.971. The van der Waals surface area contributed by atoms with Crippen LogP contribution in [-0.2, 0) is 4.79 Å². The van der Waals surface area contributed by atoms with Gasteiger partial charge in [0, 0.05) is 32.1 Å². The molecule has 0 radical (unpaired) electrons. The molecule has 0 aromatic rings. The highest BCUT2D eigenvalue weighted by Gasteiger charge is 2.17. The molecule has 0 heterocycles. The third-order valence-electron chi connectivity index (χ3n) is 8.11. The molecular weight excluding hydrogens is 466 g/mol. The molecule has 0 aliphatic carbocycles. The van der Waals surface area contributed by atoms with E-state index in [9.17, 15) is 4.79 Å². The van der Waals surface area contributed by atoms with Crippen molar-refractivity contribution < 1.29 is 4.79 Å². The van der Waals surface area contributed by atoms with E-state index in [2.05, 4.69) is 24.5 Å². The summed E-state index contributed by atoms with van der Waals surface area (Å²) < 4.78 is 0. The van der Waals surface area contributed by atoms with Crippen molar-refractivity contribution in [3.8, 4) is 0 Å². The van der Waals surface area contributed by atoms with E-state index >= 15 is 0 Å². The summed E-state index contributed by atoms with van der Waals surface area (Å²) >= 11 is 0. The number of hydrogen-bond donors (Lipinski definition) is 3. The van der Waals surface area contributed by atoms with Crippen LogP contribution in [0.3, 0.4) is 0 Å². The van der Waals surface area contributed by atoms with E-state index in [0.29, 0.717) is 13.1 Å². The monoisotopic (exact) mass is 538 g/mol. The first kappa shape index (κ1) is 37.4. The van der Waals surface area contributed by atoms with E-state index in [0.717, 1.165) is 25.9 Å². The van der Waals surface area contributed by atoms with Crippen LogP contribution in [0.25, 0.3) is 0 Å². The lowest BCUT2D eigenvalue weighted by atomic mass is 9.93. The molecule has 0 saturated carbocycles. The molecule has 0 rings (SSSR count). The number of rotatable bonds is 32. The van der Waals surface area contributed by atoms with Gasteiger partial charge in [-0.25, -0.2) is 0 Å². The molecule has 0 unspecified atom stereocenters. The molecule has 0 aromatic heterocycles. The van der Waals surface area contributed by atoms with Gasteiger partial charge in [0.05, 0.1) is 0 Å². The van der Waals surface area contributed by atoms with Crippen molar-refractivity contribution >= 4 is 5.91 Å². The second-order valence-corrected chi connectivity index (χ2v) is 11.9. The number of carbonyl (C=O) groups excluding carboxylic acids is 1. The Morgan fingerprint density at radius 1 is 0.500 bits per heavy atom. The molecule has 0 bridgehead atoms. The predicted molar refractivity (Wildman–Crippen MR) is 170 cm³/mol. The van der Waals surface area contributed by atoms with Gasteiger partial charge in [-0.3, -0.25) is 4.79 Å². The van der Waals surface area contributed by atoms with E-state index in [-0.39, 0.29) is 11.8 Å². The fourth-order valence-corrected chi connectivity index (χ4v) is 5.52. The maximum Gasteiger partial charge on any atom is 0.223 e. The standard InChI is InChI=1S/C34H71N3O/c1-3-5-7-9-11-13-15-17-19-21-23-25-27-33(34(38)37-32-31-36-30-29-35)28-26-24-22-20-18-16-14-12-10-8-6-4-2/h33,36H,3-32,35H2,1-2H3,(H,37,38). The van der Waals surface area contributed by atoms with Crippen LogP contribution in [0.15, 0.2) is 0 Å². The normalized spacial score (nSPS) is 11.5. The molecule has 4 nitrogen and oxygen atoms in total. The van der Waals surface area contributed by atoms with Crippen LogP contribution in [0.5, 0.6) is 0 Å². The number of unbranched alkanes of at least 4 members (excludes halogenated alkanes) is 22. The average Bonchev–Trinajstić information content (AvgIpc) is 2.92. The summed E-state index contributed by atoms with van der Waals surface area (Å²) in [5.74, 6) is 0.487. The number of amides is 1. The van der Waals surface area contributed by atoms with Crippen molar-refractivity contribution in [1.82, 2.24) is 10.6 Å². The first-order valence-corrected chi connectivity index (χ1v) is 17.4. The van der Waals surface area contributed by atoms with Gasteiger partial charge < -0.3 is 16.4 Å². The minimum absolute atomic E-state index is 0.204. The van der Waals surface area contributed by atoms with E-state index in [4.69, 9.17) is 5.73 Å². The van der Waals surface area contributed by atoms with E-state index in [1.807, 2.05) is 0 Å². The largest absolute Gasteiger partial charge is 0.355 e. The van der Waals surface area contributed by atoms with Gasteiger partial charge in [0.2, 0.25) is 5.91 Å². The Morgan fingerprint density at radius 2 is 0.842 bits per heavy atom. The molecule has 0 aliphatic rings. The highest BCUT2D eigenvalue weighted by atomic mass is 16.1. The number of nitrogens with one attached hydrogen (secondary N) is 2. The van der Waals surface area contributed by atoms with Gasteiger partial charge in [0.15, 0.2) is 0 Å². The molecule has 0 spiro atoms. The molecule has 0 atom stereocenters. The Hall–Kier alpha value is -0.610. The van der Waals surface area contributed by atoms with Crippen molar-refractivity contribution in [3.63, 3.8) is 0 Å². The molecule has 0 saturated heterocycles. The second-order valence-electron chi connectivity index (χ2n) is 11.9. The van der Waals surface area contributed by atoms with Gasteiger partial charge in [-0.1, -0.05) is 168 Å². The van der Waals surface area contributed by atoms with Crippen molar-refractivity contribution in [2.24, 2.45) is 11.7 Å². The fourth-order valence-electron chi connectivity index (χ4n) is 5.52. The highest BCUT2D eigenvalue weighted by molar-refractivity contribution is 5.78. The smallest absolute Gasteiger partial charge is 0.223 e. The quantitative estimate of drug-likeness (QED) is 0.0748. The Balaban J connectivity index is 3.94. The van der Waals surface area contributed by atoms with Crippen LogP contribution in [-0.4, -0.2) is 32.1 Å². The van der Waals surface area contributed by atoms with Crippen LogP contribution in [0.4, 0.5) is 0 Å². The number of hydrogen-bond acceptors (Lipinski definition) is 3. The van der Waals surface area contributed by atoms with Gasteiger partial charge >= 0.3 is 0 Å².